The summed E-state index contributed by atoms with van der Waals surface area (Å²) in [4.78, 5) is 24.1. The first-order valence-corrected chi connectivity index (χ1v) is 7.01. The molecule has 22 heavy (non-hydrogen) atoms. The molecule has 2 amide bonds. The molecule has 1 aliphatic rings. The molecular formula is C15H17F3N2O2. The maximum absolute atomic E-state index is 12.3. The van der Waals surface area contributed by atoms with Crippen LogP contribution < -0.4 is 5.32 Å². The van der Waals surface area contributed by atoms with Crippen LogP contribution in [-0.2, 0) is 4.79 Å². The van der Waals surface area contributed by atoms with Crippen molar-refractivity contribution in [3.63, 3.8) is 0 Å². The van der Waals surface area contributed by atoms with Crippen molar-refractivity contribution < 1.29 is 22.8 Å². The van der Waals surface area contributed by atoms with Gasteiger partial charge in [-0.3, -0.25) is 9.59 Å². The van der Waals surface area contributed by atoms with Gasteiger partial charge in [0.05, 0.1) is 0 Å². The Bertz CT molecular complexity index is 564. The van der Waals surface area contributed by atoms with Crippen molar-refractivity contribution in [2.45, 2.75) is 32.0 Å². The van der Waals surface area contributed by atoms with Crippen molar-refractivity contribution in [1.29, 1.82) is 0 Å². The number of aryl methyl sites for hydroxylation is 1. The molecule has 0 aromatic heterocycles. The van der Waals surface area contributed by atoms with Crippen LogP contribution in [0.15, 0.2) is 24.3 Å². The normalized spacial score (nSPS) is 16.5. The van der Waals surface area contributed by atoms with Crippen LogP contribution in [0, 0.1) is 6.92 Å². The highest BCUT2D eigenvalue weighted by Crippen LogP contribution is 2.21. The van der Waals surface area contributed by atoms with Gasteiger partial charge in [0.2, 0.25) is 0 Å². The molecule has 0 atom stereocenters. The third kappa shape index (κ3) is 3.78. The zero-order chi connectivity index (χ0) is 16.3. The summed E-state index contributed by atoms with van der Waals surface area (Å²) >= 11 is 0. The van der Waals surface area contributed by atoms with Gasteiger partial charge in [-0.05, 0) is 31.4 Å². The maximum atomic E-state index is 12.3. The molecular weight excluding hydrogens is 297 g/mol. The Labute approximate surface area is 126 Å². The summed E-state index contributed by atoms with van der Waals surface area (Å²) in [6.45, 7) is 1.81. The number of carbonyl (C=O) groups excluding carboxylic acids is 2. The fraction of sp³-hybridized carbons (Fsp3) is 0.467. The molecule has 0 saturated carbocycles. The Morgan fingerprint density at radius 1 is 1.18 bits per heavy atom. The predicted molar refractivity (Wildman–Crippen MR) is 74.3 cm³/mol. The van der Waals surface area contributed by atoms with E-state index in [9.17, 15) is 22.8 Å². The van der Waals surface area contributed by atoms with Crippen LogP contribution in [-0.4, -0.2) is 42.0 Å². The van der Waals surface area contributed by atoms with E-state index in [4.69, 9.17) is 0 Å². The second-order valence-electron chi connectivity index (χ2n) is 5.35. The van der Waals surface area contributed by atoms with Gasteiger partial charge in [0.15, 0.2) is 0 Å². The van der Waals surface area contributed by atoms with Crippen LogP contribution in [0.3, 0.4) is 0 Å². The molecule has 1 aliphatic heterocycles. The fourth-order valence-corrected chi connectivity index (χ4v) is 2.50. The lowest BCUT2D eigenvalue weighted by Gasteiger charge is -2.32. The van der Waals surface area contributed by atoms with Crippen molar-refractivity contribution in [2.24, 2.45) is 0 Å². The lowest BCUT2D eigenvalue weighted by molar-refractivity contribution is -0.186. The van der Waals surface area contributed by atoms with Crippen molar-refractivity contribution in [3.8, 4) is 0 Å². The van der Waals surface area contributed by atoms with Gasteiger partial charge in [0.25, 0.3) is 5.91 Å². The molecule has 2 rings (SSSR count). The summed E-state index contributed by atoms with van der Waals surface area (Å²) in [5.41, 5.74) is 1.39. The first-order valence-electron chi connectivity index (χ1n) is 7.01. The van der Waals surface area contributed by atoms with Gasteiger partial charge in [-0.25, -0.2) is 0 Å². The summed E-state index contributed by atoms with van der Waals surface area (Å²) in [6.07, 6.45) is -4.20. The molecule has 0 unspecified atom stereocenters. The van der Waals surface area contributed by atoms with E-state index < -0.39 is 12.1 Å². The third-order valence-electron chi connectivity index (χ3n) is 3.75. The van der Waals surface area contributed by atoms with E-state index in [1.165, 1.54) is 0 Å². The van der Waals surface area contributed by atoms with Crippen molar-refractivity contribution >= 4 is 11.8 Å². The van der Waals surface area contributed by atoms with Crippen LogP contribution >= 0.6 is 0 Å². The Balaban J connectivity index is 1.89. The number of nitrogens with one attached hydrogen (secondary N) is 1. The van der Waals surface area contributed by atoms with E-state index in [-0.39, 0.29) is 25.0 Å². The van der Waals surface area contributed by atoms with Crippen LogP contribution in [0.2, 0.25) is 0 Å². The van der Waals surface area contributed by atoms with E-state index in [1.54, 1.807) is 12.1 Å². The Hall–Kier alpha value is -2.05. The summed E-state index contributed by atoms with van der Waals surface area (Å²) < 4.78 is 37.0. The number of halogens is 3. The maximum Gasteiger partial charge on any atom is 0.471 e. The summed E-state index contributed by atoms with van der Waals surface area (Å²) in [7, 11) is 0. The molecule has 1 aromatic rings. The number of piperidine rings is 1. The molecule has 1 saturated heterocycles. The van der Waals surface area contributed by atoms with Crippen LogP contribution in [0.4, 0.5) is 13.2 Å². The number of benzene rings is 1. The van der Waals surface area contributed by atoms with Crippen LogP contribution in [0.5, 0.6) is 0 Å². The van der Waals surface area contributed by atoms with Crippen molar-refractivity contribution in [3.05, 3.63) is 35.4 Å². The molecule has 1 heterocycles. The highest BCUT2D eigenvalue weighted by atomic mass is 19.4. The number of rotatable bonds is 2. The first kappa shape index (κ1) is 16.3. The second kappa shape index (κ2) is 6.37. The summed E-state index contributed by atoms with van der Waals surface area (Å²) in [6, 6.07) is 6.89. The van der Waals surface area contributed by atoms with Gasteiger partial charge in [-0.15, -0.1) is 0 Å². The molecule has 1 fully saturated rings. The van der Waals surface area contributed by atoms with E-state index in [2.05, 4.69) is 5.32 Å². The molecule has 7 heteroatoms. The number of alkyl halides is 3. The topological polar surface area (TPSA) is 49.4 Å². The lowest BCUT2D eigenvalue weighted by atomic mass is 10.0. The fourth-order valence-electron chi connectivity index (χ4n) is 2.50. The molecule has 0 bridgehead atoms. The minimum atomic E-state index is -4.84. The number of carbonyl (C=O) groups is 2. The second-order valence-corrected chi connectivity index (χ2v) is 5.35. The largest absolute Gasteiger partial charge is 0.471 e. The Kier molecular flexibility index (Phi) is 4.73. The Morgan fingerprint density at radius 3 is 2.32 bits per heavy atom. The van der Waals surface area contributed by atoms with E-state index in [1.807, 2.05) is 19.1 Å². The van der Waals surface area contributed by atoms with Gasteiger partial charge in [0, 0.05) is 24.7 Å². The average molecular weight is 314 g/mol. The third-order valence-corrected chi connectivity index (χ3v) is 3.75. The van der Waals surface area contributed by atoms with E-state index in [0.717, 1.165) is 10.5 Å². The van der Waals surface area contributed by atoms with Crippen LogP contribution in [0.1, 0.15) is 28.8 Å². The minimum absolute atomic E-state index is 0.00291. The number of nitrogens with zero attached hydrogens (tertiary/aromatic N) is 1. The first-order chi connectivity index (χ1) is 10.3. The monoisotopic (exact) mass is 314 g/mol. The lowest BCUT2D eigenvalue weighted by Crippen LogP contribution is -2.50. The van der Waals surface area contributed by atoms with Gasteiger partial charge in [0.1, 0.15) is 0 Å². The molecule has 0 spiro atoms. The molecule has 1 aromatic carbocycles. The van der Waals surface area contributed by atoms with Gasteiger partial charge in [-0.1, -0.05) is 18.2 Å². The molecule has 4 nitrogen and oxygen atoms in total. The number of hydrogen-bond acceptors (Lipinski definition) is 2. The molecule has 1 N–H and O–H groups in total. The predicted octanol–water partition coefficient (Wildman–Crippen LogP) is 2.28. The van der Waals surface area contributed by atoms with Crippen molar-refractivity contribution in [2.75, 3.05) is 13.1 Å². The minimum Gasteiger partial charge on any atom is -0.349 e. The summed E-state index contributed by atoms with van der Waals surface area (Å²) in [5.74, 6) is -2.05. The number of amides is 2. The highest BCUT2D eigenvalue weighted by Gasteiger charge is 2.43. The number of hydrogen-bond donors (Lipinski definition) is 1. The average Bonchev–Trinajstić information content (AvgIpc) is 2.46. The van der Waals surface area contributed by atoms with Gasteiger partial charge < -0.3 is 10.2 Å². The standard InChI is InChI=1S/C15H17F3N2O2/c1-10-4-2-3-5-12(10)13(21)19-11-6-8-20(9-7-11)14(22)15(16,17)18/h2-5,11H,6-9H2,1H3,(H,19,21). The molecule has 0 aliphatic carbocycles. The molecule has 0 radical (unpaired) electrons. The number of likely N-dealkylation sites (tertiary alicyclic amines) is 1. The van der Waals surface area contributed by atoms with Gasteiger partial charge >= 0.3 is 12.1 Å². The Morgan fingerprint density at radius 2 is 1.77 bits per heavy atom. The van der Waals surface area contributed by atoms with Crippen molar-refractivity contribution in [1.82, 2.24) is 10.2 Å². The zero-order valence-corrected chi connectivity index (χ0v) is 12.1. The quantitative estimate of drug-likeness (QED) is 0.910. The summed E-state index contributed by atoms with van der Waals surface area (Å²) in [5, 5.41) is 2.82. The van der Waals surface area contributed by atoms with E-state index in [0.29, 0.717) is 18.4 Å². The van der Waals surface area contributed by atoms with Crippen LogP contribution in [0.25, 0.3) is 0 Å². The smallest absolute Gasteiger partial charge is 0.349 e. The highest BCUT2D eigenvalue weighted by molar-refractivity contribution is 5.95. The van der Waals surface area contributed by atoms with Gasteiger partial charge in [-0.2, -0.15) is 13.2 Å². The zero-order valence-electron chi connectivity index (χ0n) is 12.1. The SMILES string of the molecule is Cc1ccccc1C(=O)NC1CCN(C(=O)C(F)(F)F)CC1. The molecule has 120 valence electrons. The van der Waals surface area contributed by atoms with E-state index >= 15 is 0 Å².